The summed E-state index contributed by atoms with van der Waals surface area (Å²) in [5, 5.41) is 12.2. The third-order valence-corrected chi connectivity index (χ3v) is 5.93. The fraction of sp³-hybridized carbons (Fsp3) is 0.600. The fourth-order valence-electron chi connectivity index (χ4n) is 4.27. The van der Waals surface area contributed by atoms with Crippen molar-refractivity contribution < 1.29 is 19.4 Å². The molecule has 6 atom stereocenters. The maximum Gasteiger partial charge on any atom is 0.326 e. The number of aliphatic carboxylic acids is 1. The van der Waals surface area contributed by atoms with Gasteiger partial charge in [0.15, 0.2) is 0 Å². The Kier molecular flexibility index (Phi) is 5.63. The topological polar surface area (TPSA) is 78.9 Å². The quantitative estimate of drug-likeness (QED) is 0.735. The van der Waals surface area contributed by atoms with Gasteiger partial charge in [0.1, 0.15) is 6.04 Å². The number of fused-ring (bicyclic) bond motifs is 1. The Bertz CT molecular complexity index is 650. The molecule has 142 valence electrons. The van der Waals surface area contributed by atoms with Gasteiger partial charge in [-0.05, 0) is 31.4 Å². The smallest absolute Gasteiger partial charge is 0.326 e. The summed E-state index contributed by atoms with van der Waals surface area (Å²) in [5.74, 6) is -0.984. The summed E-state index contributed by atoms with van der Waals surface area (Å²) in [6.07, 6.45) is 2.31. The average molecular weight is 360 g/mol. The second kappa shape index (κ2) is 7.76. The highest BCUT2D eigenvalue weighted by Crippen LogP contribution is 2.48. The largest absolute Gasteiger partial charge is 0.480 e. The molecular formula is C20H28N2O4. The molecule has 26 heavy (non-hydrogen) atoms. The molecule has 0 spiro atoms. The molecule has 1 aromatic carbocycles. The predicted molar refractivity (Wildman–Crippen MR) is 97.7 cm³/mol. The van der Waals surface area contributed by atoms with E-state index in [9.17, 15) is 14.7 Å². The second-order valence-corrected chi connectivity index (χ2v) is 7.61. The van der Waals surface area contributed by atoms with Crippen molar-refractivity contribution in [2.45, 2.75) is 50.4 Å². The van der Waals surface area contributed by atoms with Crippen LogP contribution in [-0.2, 0) is 20.7 Å². The number of nitrogens with one attached hydrogen (secondary N) is 1. The Morgan fingerprint density at radius 2 is 2.00 bits per heavy atom. The number of methoxy groups -OCH3 is 1. The predicted octanol–water partition coefficient (Wildman–Crippen LogP) is 1.54. The molecule has 1 amide bonds. The number of carbonyl (C=O) groups is 2. The molecule has 2 N–H and O–H groups in total. The zero-order valence-electron chi connectivity index (χ0n) is 15.6. The van der Waals surface area contributed by atoms with Gasteiger partial charge < -0.3 is 15.2 Å². The lowest BCUT2D eigenvalue weighted by atomic mass is 9.93. The highest BCUT2D eigenvalue weighted by atomic mass is 16.5. The van der Waals surface area contributed by atoms with Gasteiger partial charge in [-0.1, -0.05) is 37.3 Å². The minimum atomic E-state index is -1.03. The number of carbonyl (C=O) groups excluding carboxylic acids is 1. The molecule has 6 nitrogen and oxygen atoms in total. The summed E-state index contributed by atoms with van der Waals surface area (Å²) in [7, 11) is 3.72. The summed E-state index contributed by atoms with van der Waals surface area (Å²) in [4.78, 5) is 26.7. The monoisotopic (exact) mass is 360 g/mol. The first-order valence-corrected chi connectivity index (χ1v) is 9.24. The van der Waals surface area contributed by atoms with E-state index in [1.54, 1.807) is 7.11 Å². The number of amides is 1. The van der Waals surface area contributed by atoms with E-state index in [1.807, 2.05) is 37.3 Å². The van der Waals surface area contributed by atoms with Crippen molar-refractivity contribution in [3.63, 3.8) is 0 Å². The Labute approximate surface area is 154 Å². The number of nitrogens with zero attached hydrogens (tertiary/aromatic N) is 1. The van der Waals surface area contributed by atoms with E-state index >= 15 is 0 Å². The molecule has 2 aliphatic rings. The van der Waals surface area contributed by atoms with Crippen LogP contribution in [0.1, 0.15) is 25.3 Å². The second-order valence-electron chi connectivity index (χ2n) is 7.61. The number of hydrogen-bond acceptors (Lipinski definition) is 4. The van der Waals surface area contributed by atoms with E-state index in [0.29, 0.717) is 6.04 Å². The number of benzene rings is 1. The van der Waals surface area contributed by atoms with Gasteiger partial charge >= 0.3 is 5.97 Å². The van der Waals surface area contributed by atoms with Crippen LogP contribution >= 0.6 is 0 Å². The van der Waals surface area contributed by atoms with Crippen LogP contribution in [0.3, 0.4) is 0 Å². The maximum atomic E-state index is 12.7. The molecule has 1 saturated heterocycles. The lowest BCUT2D eigenvalue weighted by Gasteiger charge is -2.34. The number of rotatable bonds is 8. The average Bonchev–Trinajstić information content (AvgIpc) is 3.33. The van der Waals surface area contributed by atoms with E-state index in [-0.39, 0.29) is 24.5 Å². The number of carboxylic acid groups (broad SMARTS) is 1. The minimum absolute atomic E-state index is 0.210. The normalized spacial score (nSPS) is 28.0. The molecule has 0 aromatic heterocycles. The van der Waals surface area contributed by atoms with Crippen molar-refractivity contribution >= 4 is 11.9 Å². The lowest BCUT2D eigenvalue weighted by Crippen LogP contribution is -2.51. The van der Waals surface area contributed by atoms with Crippen molar-refractivity contribution in [1.82, 2.24) is 10.2 Å². The summed E-state index contributed by atoms with van der Waals surface area (Å²) in [6, 6.07) is 9.22. The highest BCUT2D eigenvalue weighted by molar-refractivity contribution is 5.85. The summed E-state index contributed by atoms with van der Waals surface area (Å²) >= 11 is 0. The molecule has 3 rings (SSSR count). The van der Waals surface area contributed by atoms with Crippen LogP contribution in [-0.4, -0.2) is 60.3 Å². The molecule has 2 fully saturated rings. The SMILES string of the molecule is CO[C@H]([C@@H](C)C(=O)N[C@@H](Cc1ccccc1)C(=O)O)[C@@H]1C[C@@H]2C[C@@H]2N1C. The lowest BCUT2D eigenvalue weighted by molar-refractivity contribution is -0.143. The van der Waals surface area contributed by atoms with Crippen LogP contribution in [0.5, 0.6) is 0 Å². The Balaban J connectivity index is 1.63. The molecule has 0 unspecified atom stereocenters. The number of likely N-dealkylation sites (tertiary alicyclic amines) is 1. The molecule has 1 aromatic rings. The number of likely N-dealkylation sites (N-methyl/N-ethyl adjacent to an activating group) is 1. The van der Waals surface area contributed by atoms with Crippen molar-refractivity contribution in [3.05, 3.63) is 35.9 Å². The number of carboxylic acids is 1. The van der Waals surface area contributed by atoms with Crippen LogP contribution in [0.2, 0.25) is 0 Å². The van der Waals surface area contributed by atoms with Gasteiger partial charge in [-0.25, -0.2) is 4.79 Å². The third kappa shape index (κ3) is 3.91. The maximum absolute atomic E-state index is 12.7. The van der Waals surface area contributed by atoms with Gasteiger partial charge in [0.25, 0.3) is 0 Å². The zero-order chi connectivity index (χ0) is 18.8. The summed E-state index contributed by atoms with van der Waals surface area (Å²) < 4.78 is 5.67. The van der Waals surface area contributed by atoms with Crippen molar-refractivity contribution in [2.24, 2.45) is 11.8 Å². The van der Waals surface area contributed by atoms with E-state index in [0.717, 1.165) is 17.9 Å². The van der Waals surface area contributed by atoms with Crippen molar-refractivity contribution in [3.8, 4) is 0 Å². The molecule has 1 aliphatic carbocycles. The number of hydrogen-bond donors (Lipinski definition) is 2. The van der Waals surface area contributed by atoms with Crippen LogP contribution in [0.25, 0.3) is 0 Å². The van der Waals surface area contributed by atoms with Crippen molar-refractivity contribution in [1.29, 1.82) is 0 Å². The van der Waals surface area contributed by atoms with Crippen LogP contribution < -0.4 is 5.32 Å². The van der Waals surface area contributed by atoms with Gasteiger partial charge in [0.05, 0.1) is 12.0 Å². The van der Waals surface area contributed by atoms with Crippen LogP contribution in [0.4, 0.5) is 0 Å². The Morgan fingerprint density at radius 3 is 2.54 bits per heavy atom. The fourth-order valence-corrected chi connectivity index (χ4v) is 4.27. The molecule has 6 heteroatoms. The zero-order valence-corrected chi connectivity index (χ0v) is 15.6. The molecule has 1 saturated carbocycles. The summed E-state index contributed by atoms with van der Waals surface area (Å²) in [5.41, 5.74) is 0.881. The molecule has 0 radical (unpaired) electrons. The van der Waals surface area contributed by atoms with E-state index in [2.05, 4.69) is 17.3 Å². The number of piperidine rings is 1. The molecule has 1 heterocycles. The first-order valence-electron chi connectivity index (χ1n) is 9.24. The standard InChI is InChI=1S/C20H28N2O4/c1-12(18(26-3)17-11-14-10-16(14)22(17)2)19(23)21-15(20(24)25)9-13-7-5-4-6-8-13/h4-8,12,14-18H,9-11H2,1-3H3,(H,21,23)(H,24,25)/t12-,14+,15+,16+,17+,18-/m1/s1. The van der Waals surface area contributed by atoms with Crippen LogP contribution in [0.15, 0.2) is 30.3 Å². The molecule has 0 bridgehead atoms. The summed E-state index contributed by atoms with van der Waals surface area (Å²) in [6.45, 7) is 1.82. The number of ether oxygens (including phenoxy) is 1. The third-order valence-electron chi connectivity index (χ3n) is 5.93. The Hall–Kier alpha value is -1.92. The van der Waals surface area contributed by atoms with Gasteiger partial charge in [-0.15, -0.1) is 0 Å². The molecule has 1 aliphatic heterocycles. The van der Waals surface area contributed by atoms with Gasteiger partial charge in [0, 0.05) is 25.6 Å². The van der Waals surface area contributed by atoms with E-state index in [1.165, 1.54) is 6.42 Å². The van der Waals surface area contributed by atoms with Gasteiger partial charge in [0.2, 0.25) is 5.91 Å². The van der Waals surface area contributed by atoms with Gasteiger partial charge in [-0.2, -0.15) is 0 Å². The first kappa shape index (κ1) is 18.9. The molecular weight excluding hydrogens is 332 g/mol. The van der Waals surface area contributed by atoms with Crippen molar-refractivity contribution in [2.75, 3.05) is 14.2 Å². The van der Waals surface area contributed by atoms with E-state index in [4.69, 9.17) is 4.74 Å². The van der Waals surface area contributed by atoms with E-state index < -0.39 is 17.9 Å². The highest BCUT2D eigenvalue weighted by Gasteiger charge is 2.53. The van der Waals surface area contributed by atoms with Crippen LogP contribution in [0, 0.1) is 11.8 Å². The minimum Gasteiger partial charge on any atom is -0.480 e. The Morgan fingerprint density at radius 1 is 1.31 bits per heavy atom. The first-order chi connectivity index (χ1) is 12.4. The van der Waals surface area contributed by atoms with Gasteiger partial charge in [-0.3, -0.25) is 9.69 Å².